The van der Waals surface area contributed by atoms with Gasteiger partial charge in [-0.15, -0.1) is 0 Å². The standard InChI is InChI=1S/C11H12O3/c1-8-7-10(12)14-11(13-8)9-5-3-2-4-6-9/h2-6,8,11H,7H2,1H3/t8-,11-/m1/s1. The lowest BCUT2D eigenvalue weighted by atomic mass is 10.2. The largest absolute Gasteiger partial charge is 0.431 e. The Balaban J connectivity index is 2.15. The van der Waals surface area contributed by atoms with Gasteiger partial charge in [0.1, 0.15) is 0 Å². The molecule has 0 aromatic heterocycles. The normalized spacial score (nSPS) is 27.1. The average molecular weight is 192 g/mol. The second-order valence-corrected chi connectivity index (χ2v) is 3.38. The summed E-state index contributed by atoms with van der Waals surface area (Å²) in [5, 5.41) is 0. The molecule has 1 saturated heterocycles. The van der Waals surface area contributed by atoms with E-state index in [9.17, 15) is 4.79 Å². The number of carbonyl (C=O) groups is 1. The molecule has 0 radical (unpaired) electrons. The smallest absolute Gasteiger partial charge is 0.310 e. The van der Waals surface area contributed by atoms with Crippen molar-refractivity contribution in [3.63, 3.8) is 0 Å². The van der Waals surface area contributed by atoms with Crippen LogP contribution in [0.5, 0.6) is 0 Å². The molecular weight excluding hydrogens is 180 g/mol. The van der Waals surface area contributed by atoms with Gasteiger partial charge in [-0.3, -0.25) is 4.79 Å². The maximum atomic E-state index is 11.2. The number of ether oxygens (including phenoxy) is 2. The first-order valence-electron chi connectivity index (χ1n) is 4.65. The Morgan fingerprint density at radius 2 is 2.00 bits per heavy atom. The molecular formula is C11H12O3. The topological polar surface area (TPSA) is 35.5 Å². The third kappa shape index (κ3) is 1.93. The number of carbonyl (C=O) groups excluding carboxylic acids is 1. The van der Waals surface area contributed by atoms with Gasteiger partial charge in [0.05, 0.1) is 12.5 Å². The van der Waals surface area contributed by atoms with Crippen molar-refractivity contribution in [3.8, 4) is 0 Å². The number of hydrogen-bond acceptors (Lipinski definition) is 3. The fourth-order valence-electron chi connectivity index (χ4n) is 1.45. The molecule has 0 amide bonds. The molecule has 0 aliphatic carbocycles. The molecule has 0 saturated carbocycles. The molecule has 0 N–H and O–H groups in total. The van der Waals surface area contributed by atoms with Crippen LogP contribution in [0, 0.1) is 0 Å². The summed E-state index contributed by atoms with van der Waals surface area (Å²) in [7, 11) is 0. The molecule has 3 nitrogen and oxygen atoms in total. The lowest BCUT2D eigenvalue weighted by molar-refractivity contribution is -0.215. The van der Waals surface area contributed by atoms with Gasteiger partial charge in [-0.1, -0.05) is 30.3 Å². The van der Waals surface area contributed by atoms with Crippen molar-refractivity contribution in [2.75, 3.05) is 0 Å². The molecule has 1 aliphatic heterocycles. The zero-order valence-corrected chi connectivity index (χ0v) is 7.97. The Morgan fingerprint density at radius 3 is 2.64 bits per heavy atom. The molecule has 1 fully saturated rings. The van der Waals surface area contributed by atoms with E-state index in [1.807, 2.05) is 37.3 Å². The van der Waals surface area contributed by atoms with Crippen LogP contribution in [0.25, 0.3) is 0 Å². The monoisotopic (exact) mass is 192 g/mol. The predicted molar refractivity (Wildman–Crippen MR) is 50.4 cm³/mol. The van der Waals surface area contributed by atoms with Gasteiger partial charge in [0, 0.05) is 5.56 Å². The predicted octanol–water partition coefficient (Wildman–Crippen LogP) is 2.04. The third-order valence-electron chi connectivity index (χ3n) is 2.12. The van der Waals surface area contributed by atoms with Crippen molar-refractivity contribution in [1.82, 2.24) is 0 Å². The number of cyclic esters (lactones) is 1. The molecule has 14 heavy (non-hydrogen) atoms. The van der Waals surface area contributed by atoms with Crippen LogP contribution in [0.4, 0.5) is 0 Å². The van der Waals surface area contributed by atoms with Crippen LogP contribution in [0.15, 0.2) is 30.3 Å². The van der Waals surface area contributed by atoms with Crippen LogP contribution in [-0.2, 0) is 14.3 Å². The lowest BCUT2D eigenvalue weighted by Gasteiger charge is -2.27. The van der Waals surface area contributed by atoms with E-state index in [2.05, 4.69) is 0 Å². The lowest BCUT2D eigenvalue weighted by Crippen LogP contribution is -2.28. The summed E-state index contributed by atoms with van der Waals surface area (Å²) in [5.41, 5.74) is 0.882. The second-order valence-electron chi connectivity index (χ2n) is 3.38. The zero-order valence-electron chi connectivity index (χ0n) is 7.97. The van der Waals surface area contributed by atoms with E-state index in [1.165, 1.54) is 0 Å². The highest BCUT2D eigenvalue weighted by atomic mass is 16.7. The fourth-order valence-corrected chi connectivity index (χ4v) is 1.45. The van der Waals surface area contributed by atoms with Crippen molar-refractivity contribution < 1.29 is 14.3 Å². The Kier molecular flexibility index (Phi) is 2.50. The molecule has 0 bridgehead atoms. The van der Waals surface area contributed by atoms with Crippen molar-refractivity contribution >= 4 is 5.97 Å². The number of benzene rings is 1. The van der Waals surface area contributed by atoms with E-state index < -0.39 is 6.29 Å². The molecule has 1 aliphatic rings. The molecule has 3 heteroatoms. The summed E-state index contributed by atoms with van der Waals surface area (Å²) in [6, 6.07) is 9.47. The van der Waals surface area contributed by atoms with Crippen molar-refractivity contribution in [1.29, 1.82) is 0 Å². The average Bonchev–Trinajstić information content (AvgIpc) is 2.18. The van der Waals surface area contributed by atoms with Crippen LogP contribution in [0.2, 0.25) is 0 Å². The third-order valence-corrected chi connectivity index (χ3v) is 2.12. The first-order valence-corrected chi connectivity index (χ1v) is 4.65. The maximum absolute atomic E-state index is 11.2. The van der Waals surface area contributed by atoms with Gasteiger partial charge in [0.25, 0.3) is 0 Å². The van der Waals surface area contributed by atoms with E-state index in [0.29, 0.717) is 6.42 Å². The molecule has 1 heterocycles. The Morgan fingerprint density at radius 1 is 1.29 bits per heavy atom. The van der Waals surface area contributed by atoms with E-state index in [1.54, 1.807) is 0 Å². The number of hydrogen-bond donors (Lipinski definition) is 0. The van der Waals surface area contributed by atoms with Crippen LogP contribution in [0.1, 0.15) is 25.2 Å². The highest BCUT2D eigenvalue weighted by molar-refractivity contribution is 5.70. The molecule has 2 atom stereocenters. The maximum Gasteiger partial charge on any atom is 0.310 e. The summed E-state index contributed by atoms with van der Waals surface area (Å²) < 4.78 is 10.6. The highest BCUT2D eigenvalue weighted by Crippen LogP contribution is 2.26. The molecule has 0 spiro atoms. The molecule has 1 aromatic rings. The van der Waals surface area contributed by atoms with E-state index in [-0.39, 0.29) is 12.1 Å². The second kappa shape index (κ2) is 3.80. The SMILES string of the molecule is C[C@@H]1CC(=O)O[C@H](c2ccccc2)O1. The first kappa shape index (κ1) is 9.21. The summed E-state index contributed by atoms with van der Waals surface area (Å²) >= 11 is 0. The van der Waals surface area contributed by atoms with Gasteiger partial charge >= 0.3 is 5.97 Å². The van der Waals surface area contributed by atoms with E-state index in [0.717, 1.165) is 5.56 Å². The zero-order chi connectivity index (χ0) is 9.97. The summed E-state index contributed by atoms with van der Waals surface area (Å²) in [6.45, 7) is 1.87. The Hall–Kier alpha value is -1.35. The first-order chi connectivity index (χ1) is 6.75. The molecule has 74 valence electrons. The van der Waals surface area contributed by atoms with E-state index >= 15 is 0 Å². The van der Waals surface area contributed by atoms with Crippen LogP contribution in [-0.4, -0.2) is 12.1 Å². The molecule has 0 unspecified atom stereocenters. The van der Waals surface area contributed by atoms with Crippen LogP contribution >= 0.6 is 0 Å². The summed E-state index contributed by atoms with van der Waals surface area (Å²) in [6.07, 6.45) is -0.266. The van der Waals surface area contributed by atoms with Gasteiger partial charge < -0.3 is 9.47 Å². The summed E-state index contributed by atoms with van der Waals surface area (Å²) in [5.74, 6) is -0.197. The van der Waals surface area contributed by atoms with Crippen molar-refractivity contribution in [2.45, 2.75) is 25.7 Å². The minimum absolute atomic E-state index is 0.0681. The van der Waals surface area contributed by atoms with Gasteiger partial charge in [-0.05, 0) is 6.92 Å². The van der Waals surface area contributed by atoms with Crippen molar-refractivity contribution in [3.05, 3.63) is 35.9 Å². The minimum Gasteiger partial charge on any atom is -0.431 e. The van der Waals surface area contributed by atoms with Gasteiger partial charge in [-0.2, -0.15) is 0 Å². The van der Waals surface area contributed by atoms with Crippen molar-refractivity contribution in [2.24, 2.45) is 0 Å². The Bertz CT molecular complexity index is 321. The summed E-state index contributed by atoms with van der Waals surface area (Å²) in [4.78, 5) is 11.2. The fraction of sp³-hybridized carbons (Fsp3) is 0.364. The number of rotatable bonds is 1. The highest BCUT2D eigenvalue weighted by Gasteiger charge is 2.27. The quantitative estimate of drug-likeness (QED) is 0.639. The molecule has 2 rings (SSSR count). The molecule has 1 aromatic carbocycles. The Labute approximate surface area is 82.6 Å². The van der Waals surface area contributed by atoms with E-state index in [4.69, 9.17) is 9.47 Å². The van der Waals surface area contributed by atoms with Crippen LogP contribution < -0.4 is 0 Å². The van der Waals surface area contributed by atoms with Crippen LogP contribution in [0.3, 0.4) is 0 Å². The van der Waals surface area contributed by atoms with Gasteiger partial charge in [0.15, 0.2) is 0 Å². The van der Waals surface area contributed by atoms with Gasteiger partial charge in [0.2, 0.25) is 6.29 Å². The minimum atomic E-state index is -0.535. The van der Waals surface area contributed by atoms with Gasteiger partial charge in [-0.25, -0.2) is 0 Å². The number of esters is 1.